The van der Waals surface area contributed by atoms with Gasteiger partial charge in [-0.05, 0) is 51.4 Å². The van der Waals surface area contributed by atoms with E-state index in [1.165, 1.54) is 205 Å². The van der Waals surface area contributed by atoms with Crippen molar-refractivity contribution in [3.8, 4) is 0 Å². The lowest BCUT2D eigenvalue weighted by atomic mass is 10.0. The normalized spacial score (nSPS) is 13.1. The Morgan fingerprint density at radius 2 is 0.732 bits per heavy atom. The molecule has 4 heteroatoms. The maximum absolute atomic E-state index is 12.4. The third kappa shape index (κ3) is 43.7. The maximum atomic E-state index is 12.4. The third-order valence-corrected chi connectivity index (χ3v) is 11.7. The van der Waals surface area contributed by atoms with Crippen molar-refractivity contribution in [3.63, 3.8) is 0 Å². The summed E-state index contributed by atoms with van der Waals surface area (Å²) in [6.45, 7) is 4.35. The highest BCUT2D eigenvalue weighted by atomic mass is 16.3. The van der Waals surface area contributed by atoms with E-state index in [-0.39, 0.29) is 12.5 Å². The zero-order valence-corrected chi connectivity index (χ0v) is 37.9. The number of allylic oxidation sites excluding steroid dienone is 6. The second kappa shape index (κ2) is 48.0. The molecule has 330 valence electrons. The molecule has 0 bridgehead atoms. The average Bonchev–Trinajstić information content (AvgIpc) is 3.20. The molecule has 0 aromatic carbocycles. The third-order valence-electron chi connectivity index (χ3n) is 11.7. The molecule has 2 unspecified atom stereocenters. The lowest BCUT2D eigenvalue weighted by Gasteiger charge is -2.22. The van der Waals surface area contributed by atoms with Gasteiger partial charge in [-0.1, -0.05) is 249 Å². The van der Waals surface area contributed by atoms with Crippen LogP contribution in [0.4, 0.5) is 0 Å². The van der Waals surface area contributed by atoms with Crippen LogP contribution in [-0.4, -0.2) is 34.9 Å². The van der Waals surface area contributed by atoms with Crippen molar-refractivity contribution < 1.29 is 15.0 Å². The molecule has 0 saturated heterocycles. The van der Waals surface area contributed by atoms with Crippen LogP contribution >= 0.6 is 0 Å². The number of carbonyl (C=O) groups is 1. The zero-order chi connectivity index (χ0) is 40.7. The molecule has 2 atom stereocenters. The number of aliphatic hydroxyl groups excluding tert-OH is 2. The number of hydrogen-bond donors (Lipinski definition) is 3. The molecule has 0 fully saturated rings. The van der Waals surface area contributed by atoms with Crippen molar-refractivity contribution in [2.45, 2.75) is 283 Å². The fourth-order valence-electron chi connectivity index (χ4n) is 7.78. The van der Waals surface area contributed by atoms with Gasteiger partial charge in [0.05, 0.1) is 18.8 Å². The van der Waals surface area contributed by atoms with Gasteiger partial charge in [0.25, 0.3) is 0 Å². The molecule has 0 aromatic heterocycles. The van der Waals surface area contributed by atoms with E-state index < -0.39 is 12.1 Å². The van der Waals surface area contributed by atoms with Crippen molar-refractivity contribution in [1.29, 1.82) is 0 Å². The van der Waals surface area contributed by atoms with E-state index in [0.717, 1.165) is 38.5 Å². The fraction of sp³-hybridized carbons (Fsp3) is 0.865. The predicted molar refractivity (Wildman–Crippen MR) is 248 cm³/mol. The lowest BCUT2D eigenvalue weighted by molar-refractivity contribution is -0.123. The van der Waals surface area contributed by atoms with Crippen LogP contribution in [0.25, 0.3) is 0 Å². The van der Waals surface area contributed by atoms with E-state index >= 15 is 0 Å². The number of hydrogen-bond acceptors (Lipinski definition) is 3. The van der Waals surface area contributed by atoms with Crippen LogP contribution in [0.1, 0.15) is 271 Å². The minimum Gasteiger partial charge on any atom is -0.394 e. The summed E-state index contributed by atoms with van der Waals surface area (Å²) in [5.41, 5.74) is 0. The molecule has 0 spiro atoms. The summed E-state index contributed by atoms with van der Waals surface area (Å²) < 4.78 is 0. The molecule has 0 aliphatic rings. The maximum Gasteiger partial charge on any atom is 0.220 e. The predicted octanol–water partition coefficient (Wildman–Crippen LogP) is 16.1. The largest absolute Gasteiger partial charge is 0.394 e. The van der Waals surface area contributed by atoms with Crippen LogP contribution < -0.4 is 5.32 Å². The highest BCUT2D eigenvalue weighted by Gasteiger charge is 2.20. The SMILES string of the molecule is CCCCCCC/C=C\C/C=C\C/C=C\CCCCCCCCCCCCCCCCCCCCC(=O)NC(CO)C(O)CCCCCCCCCCCCC. The molecule has 0 heterocycles. The minimum absolute atomic E-state index is 0.0300. The number of amides is 1. The van der Waals surface area contributed by atoms with Crippen LogP contribution in [0.3, 0.4) is 0 Å². The number of rotatable bonds is 46. The van der Waals surface area contributed by atoms with Crippen LogP contribution in [0, 0.1) is 0 Å². The second-order valence-corrected chi connectivity index (χ2v) is 17.2. The number of aliphatic hydroxyl groups is 2. The lowest BCUT2D eigenvalue weighted by Crippen LogP contribution is -2.45. The molecule has 0 rings (SSSR count). The molecule has 0 saturated carbocycles. The summed E-state index contributed by atoms with van der Waals surface area (Å²) in [6.07, 6.45) is 64.0. The van der Waals surface area contributed by atoms with Crippen LogP contribution in [-0.2, 0) is 4.79 Å². The standard InChI is InChI=1S/C52H99NO3/c1-3-5-7-9-11-13-15-16-17-18-19-20-21-22-23-24-25-26-27-28-29-30-31-32-33-34-35-36-38-40-42-44-46-48-52(56)53-50(49-54)51(55)47-45-43-41-39-37-14-12-10-8-6-4-2/h15-16,18-19,21-22,50-51,54-55H,3-14,17,20,23-49H2,1-2H3,(H,53,56)/b16-15-,19-18-,22-21-. The number of nitrogens with one attached hydrogen (secondary N) is 1. The first-order valence-electron chi connectivity index (χ1n) is 25.2. The van der Waals surface area contributed by atoms with E-state index in [1.54, 1.807) is 0 Å². The Hall–Kier alpha value is -1.39. The Balaban J connectivity index is 3.41. The molecular weight excluding hydrogens is 687 g/mol. The molecule has 0 aliphatic carbocycles. The van der Waals surface area contributed by atoms with Gasteiger partial charge in [-0.3, -0.25) is 4.79 Å². The van der Waals surface area contributed by atoms with Gasteiger partial charge in [0.2, 0.25) is 5.91 Å². The van der Waals surface area contributed by atoms with Crippen LogP contribution in [0.5, 0.6) is 0 Å². The van der Waals surface area contributed by atoms with E-state index in [2.05, 4.69) is 55.6 Å². The first kappa shape index (κ1) is 54.6. The topological polar surface area (TPSA) is 69.6 Å². The first-order chi connectivity index (χ1) is 27.7. The highest BCUT2D eigenvalue weighted by molar-refractivity contribution is 5.76. The molecular formula is C52H99NO3. The van der Waals surface area contributed by atoms with E-state index in [9.17, 15) is 15.0 Å². The number of carbonyl (C=O) groups excluding carboxylic acids is 1. The zero-order valence-electron chi connectivity index (χ0n) is 37.9. The van der Waals surface area contributed by atoms with Crippen LogP contribution in [0.15, 0.2) is 36.5 Å². The average molecular weight is 786 g/mol. The number of unbranched alkanes of at least 4 members (excludes halogenated alkanes) is 33. The molecule has 1 amide bonds. The van der Waals surface area contributed by atoms with E-state index in [0.29, 0.717) is 12.8 Å². The van der Waals surface area contributed by atoms with Crippen molar-refractivity contribution in [2.24, 2.45) is 0 Å². The molecule has 0 aliphatic heterocycles. The Morgan fingerprint density at radius 1 is 0.429 bits per heavy atom. The first-order valence-corrected chi connectivity index (χ1v) is 25.2. The summed E-state index contributed by atoms with van der Waals surface area (Å²) >= 11 is 0. The molecule has 4 nitrogen and oxygen atoms in total. The van der Waals surface area contributed by atoms with Gasteiger partial charge < -0.3 is 15.5 Å². The summed E-state index contributed by atoms with van der Waals surface area (Å²) in [7, 11) is 0. The Morgan fingerprint density at radius 3 is 1.09 bits per heavy atom. The molecule has 0 radical (unpaired) electrons. The summed E-state index contributed by atoms with van der Waals surface area (Å²) in [5.74, 6) is -0.0300. The smallest absolute Gasteiger partial charge is 0.220 e. The summed E-state index contributed by atoms with van der Waals surface area (Å²) in [5, 5.41) is 23.1. The van der Waals surface area contributed by atoms with Crippen molar-refractivity contribution in [2.75, 3.05) is 6.61 Å². The Bertz CT molecular complexity index is 851. The van der Waals surface area contributed by atoms with Crippen molar-refractivity contribution >= 4 is 5.91 Å². The molecule has 56 heavy (non-hydrogen) atoms. The Kier molecular flexibility index (Phi) is 46.8. The summed E-state index contributed by atoms with van der Waals surface area (Å²) in [6, 6.07) is -0.533. The minimum atomic E-state index is -0.656. The summed E-state index contributed by atoms with van der Waals surface area (Å²) in [4.78, 5) is 12.4. The monoisotopic (exact) mass is 786 g/mol. The quantitative estimate of drug-likeness (QED) is 0.0425. The van der Waals surface area contributed by atoms with Gasteiger partial charge in [0.1, 0.15) is 0 Å². The van der Waals surface area contributed by atoms with Gasteiger partial charge in [-0.2, -0.15) is 0 Å². The van der Waals surface area contributed by atoms with E-state index in [4.69, 9.17) is 0 Å². The van der Waals surface area contributed by atoms with Gasteiger partial charge in [0.15, 0.2) is 0 Å². The Labute approximate surface area is 351 Å². The molecule has 0 aromatic rings. The fourth-order valence-corrected chi connectivity index (χ4v) is 7.78. The van der Waals surface area contributed by atoms with Crippen LogP contribution in [0.2, 0.25) is 0 Å². The van der Waals surface area contributed by atoms with Gasteiger partial charge in [0, 0.05) is 6.42 Å². The second-order valence-electron chi connectivity index (χ2n) is 17.2. The van der Waals surface area contributed by atoms with Crippen molar-refractivity contribution in [1.82, 2.24) is 5.32 Å². The van der Waals surface area contributed by atoms with E-state index in [1.807, 2.05) is 0 Å². The highest BCUT2D eigenvalue weighted by Crippen LogP contribution is 2.16. The van der Waals surface area contributed by atoms with Crippen molar-refractivity contribution in [3.05, 3.63) is 36.5 Å². The van der Waals surface area contributed by atoms with Gasteiger partial charge in [-0.25, -0.2) is 0 Å². The van der Waals surface area contributed by atoms with Gasteiger partial charge >= 0.3 is 0 Å². The molecule has 3 N–H and O–H groups in total. The van der Waals surface area contributed by atoms with Gasteiger partial charge in [-0.15, -0.1) is 0 Å².